The molecule has 3 heterocycles. The number of hydrogen-bond donors (Lipinski definition) is 0. The number of carbonyl (C=O) groups excluding carboxylic acids is 1. The molecule has 2 aliphatic heterocycles. The van der Waals surface area contributed by atoms with Crippen LogP contribution in [0.2, 0.25) is 0 Å². The molecule has 3 aromatic rings. The number of carbonyl (C=O) groups is 1. The predicted octanol–water partition coefficient (Wildman–Crippen LogP) is 4.70. The summed E-state index contributed by atoms with van der Waals surface area (Å²) < 4.78 is 16.0. The summed E-state index contributed by atoms with van der Waals surface area (Å²) in [6.45, 7) is 6.25. The number of piperidine rings is 2. The molecule has 1 amide bonds. The molecule has 5 rings (SSSR count). The number of aromatic nitrogens is 2. The molecular formula is C26H31FN4O. The van der Waals surface area contributed by atoms with Gasteiger partial charge in [-0.15, -0.1) is 0 Å². The van der Waals surface area contributed by atoms with Crippen molar-refractivity contribution in [3.63, 3.8) is 0 Å². The Bertz CT molecular complexity index is 1100. The zero-order chi connectivity index (χ0) is 22.1. The van der Waals surface area contributed by atoms with Crippen LogP contribution in [0.4, 0.5) is 10.3 Å². The first-order chi connectivity index (χ1) is 15.6. The maximum Gasteiger partial charge on any atom is 0.225 e. The Morgan fingerprint density at radius 3 is 2.66 bits per heavy atom. The SMILES string of the molecule is CC1CCCN(C(=O)C2CCN(c3nc4ccccc4n3Cc3cccc(F)c3)CC2)C1. The fourth-order valence-electron chi connectivity index (χ4n) is 5.25. The maximum absolute atomic E-state index is 13.8. The lowest BCUT2D eigenvalue weighted by Crippen LogP contribution is -2.46. The van der Waals surface area contributed by atoms with Gasteiger partial charge in [0.1, 0.15) is 5.82 Å². The van der Waals surface area contributed by atoms with E-state index < -0.39 is 0 Å². The second-order valence-electron chi connectivity index (χ2n) is 9.41. The zero-order valence-electron chi connectivity index (χ0n) is 18.7. The lowest BCUT2D eigenvalue weighted by atomic mass is 9.93. The van der Waals surface area contributed by atoms with Gasteiger partial charge in [-0.3, -0.25) is 4.79 Å². The Kier molecular flexibility index (Phi) is 5.85. The van der Waals surface area contributed by atoms with E-state index in [-0.39, 0.29) is 11.7 Å². The fraction of sp³-hybridized carbons (Fsp3) is 0.462. The van der Waals surface area contributed by atoms with Gasteiger partial charge in [-0.25, -0.2) is 9.37 Å². The number of imidazole rings is 1. The molecule has 2 fully saturated rings. The number of benzene rings is 2. The number of hydrogen-bond acceptors (Lipinski definition) is 3. The summed E-state index contributed by atoms with van der Waals surface area (Å²) in [5, 5.41) is 0. The molecule has 2 aliphatic rings. The van der Waals surface area contributed by atoms with Crippen LogP contribution in [0.5, 0.6) is 0 Å². The quantitative estimate of drug-likeness (QED) is 0.598. The van der Waals surface area contributed by atoms with Gasteiger partial charge in [0.25, 0.3) is 0 Å². The molecule has 1 atom stereocenters. The van der Waals surface area contributed by atoms with E-state index in [9.17, 15) is 9.18 Å². The van der Waals surface area contributed by atoms with E-state index in [1.54, 1.807) is 12.1 Å². The summed E-state index contributed by atoms with van der Waals surface area (Å²) >= 11 is 0. The normalized spacial score (nSPS) is 20.1. The van der Waals surface area contributed by atoms with Gasteiger partial charge >= 0.3 is 0 Å². The van der Waals surface area contributed by atoms with Crippen molar-refractivity contribution in [1.29, 1.82) is 0 Å². The van der Waals surface area contributed by atoms with Gasteiger partial charge in [0.15, 0.2) is 0 Å². The average Bonchev–Trinajstić information content (AvgIpc) is 3.17. The third-order valence-corrected chi connectivity index (χ3v) is 6.96. The van der Waals surface area contributed by atoms with Crippen molar-refractivity contribution in [1.82, 2.24) is 14.5 Å². The van der Waals surface area contributed by atoms with Crippen LogP contribution in [0.1, 0.15) is 38.2 Å². The molecule has 1 aromatic heterocycles. The largest absolute Gasteiger partial charge is 0.342 e. The van der Waals surface area contributed by atoms with Crippen LogP contribution < -0.4 is 4.90 Å². The van der Waals surface area contributed by atoms with E-state index >= 15 is 0 Å². The molecule has 5 nitrogen and oxygen atoms in total. The van der Waals surface area contributed by atoms with Crippen molar-refractivity contribution in [3.05, 3.63) is 59.9 Å². The van der Waals surface area contributed by atoms with Crippen LogP contribution in [0.15, 0.2) is 48.5 Å². The molecule has 0 radical (unpaired) electrons. The van der Waals surface area contributed by atoms with E-state index in [0.717, 1.165) is 68.0 Å². The van der Waals surface area contributed by atoms with Crippen LogP contribution in [0.3, 0.4) is 0 Å². The molecule has 0 bridgehead atoms. The highest BCUT2D eigenvalue weighted by Crippen LogP contribution is 2.29. The number of amides is 1. The van der Waals surface area contributed by atoms with Crippen molar-refractivity contribution in [2.24, 2.45) is 11.8 Å². The van der Waals surface area contributed by atoms with Crippen molar-refractivity contribution >= 4 is 22.9 Å². The van der Waals surface area contributed by atoms with Crippen LogP contribution in [-0.4, -0.2) is 46.5 Å². The molecule has 32 heavy (non-hydrogen) atoms. The van der Waals surface area contributed by atoms with Gasteiger partial charge in [-0.2, -0.15) is 0 Å². The fourth-order valence-corrected chi connectivity index (χ4v) is 5.25. The summed E-state index contributed by atoms with van der Waals surface area (Å²) in [5.41, 5.74) is 2.91. The number of halogens is 1. The van der Waals surface area contributed by atoms with Crippen molar-refractivity contribution in [2.45, 2.75) is 39.2 Å². The summed E-state index contributed by atoms with van der Waals surface area (Å²) in [5.74, 6) is 1.74. The Labute approximate surface area is 188 Å². The van der Waals surface area contributed by atoms with Crippen LogP contribution in [0, 0.1) is 17.7 Å². The second kappa shape index (κ2) is 8.93. The van der Waals surface area contributed by atoms with E-state index in [1.165, 1.54) is 12.5 Å². The molecule has 2 saturated heterocycles. The predicted molar refractivity (Wildman–Crippen MR) is 125 cm³/mol. The number of likely N-dealkylation sites (tertiary alicyclic amines) is 1. The molecule has 0 saturated carbocycles. The highest BCUT2D eigenvalue weighted by molar-refractivity contribution is 5.80. The van der Waals surface area contributed by atoms with Gasteiger partial charge in [0.05, 0.1) is 17.6 Å². The summed E-state index contributed by atoms with van der Waals surface area (Å²) in [4.78, 5) is 22.4. The first kappa shape index (κ1) is 21.0. The minimum absolute atomic E-state index is 0.109. The van der Waals surface area contributed by atoms with Crippen molar-refractivity contribution in [3.8, 4) is 0 Å². The van der Waals surface area contributed by atoms with Crippen molar-refractivity contribution in [2.75, 3.05) is 31.1 Å². The maximum atomic E-state index is 13.8. The van der Waals surface area contributed by atoms with E-state index in [2.05, 4.69) is 27.4 Å². The van der Waals surface area contributed by atoms with Crippen LogP contribution in [0.25, 0.3) is 11.0 Å². The molecule has 6 heteroatoms. The molecular weight excluding hydrogens is 403 g/mol. The Hall–Kier alpha value is -2.89. The van der Waals surface area contributed by atoms with Crippen LogP contribution in [-0.2, 0) is 11.3 Å². The van der Waals surface area contributed by atoms with E-state index in [1.807, 2.05) is 24.3 Å². The zero-order valence-corrected chi connectivity index (χ0v) is 18.7. The lowest BCUT2D eigenvalue weighted by molar-refractivity contribution is -0.137. The second-order valence-corrected chi connectivity index (χ2v) is 9.41. The number of rotatable bonds is 4. The van der Waals surface area contributed by atoms with Crippen LogP contribution >= 0.6 is 0 Å². The average molecular weight is 435 g/mol. The monoisotopic (exact) mass is 434 g/mol. The number of para-hydroxylation sites is 2. The van der Waals surface area contributed by atoms with Crippen molar-refractivity contribution < 1.29 is 9.18 Å². The smallest absolute Gasteiger partial charge is 0.225 e. The summed E-state index contributed by atoms with van der Waals surface area (Å²) in [6.07, 6.45) is 4.05. The Morgan fingerprint density at radius 2 is 1.88 bits per heavy atom. The van der Waals surface area contributed by atoms with Gasteiger partial charge in [-0.1, -0.05) is 31.2 Å². The van der Waals surface area contributed by atoms with Gasteiger partial charge in [0, 0.05) is 32.1 Å². The molecule has 1 unspecified atom stereocenters. The minimum Gasteiger partial charge on any atom is -0.342 e. The highest BCUT2D eigenvalue weighted by Gasteiger charge is 2.32. The van der Waals surface area contributed by atoms with Gasteiger partial charge < -0.3 is 14.4 Å². The Balaban J connectivity index is 1.34. The standard InChI is InChI=1S/C26H31FN4O/c1-19-6-5-13-30(17-19)25(32)21-11-14-29(15-12-21)26-28-23-9-2-3-10-24(23)31(26)18-20-7-4-8-22(27)16-20/h2-4,7-10,16,19,21H,5-6,11-15,17-18H2,1H3. The topological polar surface area (TPSA) is 41.4 Å². The minimum atomic E-state index is -0.222. The Morgan fingerprint density at radius 1 is 1.06 bits per heavy atom. The van der Waals surface area contributed by atoms with E-state index in [4.69, 9.17) is 4.98 Å². The third-order valence-electron chi connectivity index (χ3n) is 6.96. The van der Waals surface area contributed by atoms with Gasteiger partial charge in [0.2, 0.25) is 11.9 Å². The molecule has 168 valence electrons. The summed E-state index contributed by atoms with van der Waals surface area (Å²) in [7, 11) is 0. The highest BCUT2D eigenvalue weighted by atomic mass is 19.1. The molecule has 0 N–H and O–H groups in total. The van der Waals surface area contributed by atoms with Gasteiger partial charge in [-0.05, 0) is 61.4 Å². The summed E-state index contributed by atoms with van der Waals surface area (Å²) in [6, 6.07) is 14.9. The molecule has 0 aliphatic carbocycles. The molecule has 0 spiro atoms. The lowest BCUT2D eigenvalue weighted by Gasteiger charge is -2.37. The number of nitrogens with zero attached hydrogens (tertiary/aromatic N) is 4. The number of anilines is 1. The third kappa shape index (κ3) is 4.23. The first-order valence-electron chi connectivity index (χ1n) is 11.8. The molecule has 2 aromatic carbocycles. The van der Waals surface area contributed by atoms with E-state index in [0.29, 0.717) is 18.4 Å². The first-order valence-corrected chi connectivity index (χ1v) is 11.8. The number of fused-ring (bicyclic) bond motifs is 1.